The predicted molar refractivity (Wildman–Crippen MR) is 119 cm³/mol. The average molecular weight is 434 g/mol. The lowest BCUT2D eigenvalue weighted by Crippen LogP contribution is -2.14. The molecule has 1 aliphatic heterocycles. The molecule has 0 aliphatic carbocycles. The maximum absolute atomic E-state index is 6.11. The fourth-order valence-electron chi connectivity index (χ4n) is 3.74. The lowest BCUT2D eigenvalue weighted by molar-refractivity contribution is 0.303. The van der Waals surface area contributed by atoms with E-state index in [-0.39, 0.29) is 12.0 Å². The number of ether oxygens (including phenoxy) is 1. The Labute approximate surface area is 175 Å². The second-order valence-electron chi connectivity index (χ2n) is 7.22. The molecule has 3 heteroatoms. The van der Waals surface area contributed by atoms with E-state index in [0.717, 1.165) is 29.6 Å². The lowest BCUT2D eigenvalue weighted by Gasteiger charge is -2.17. The second-order valence-corrected chi connectivity index (χ2v) is 8.07. The number of benzene rings is 3. The molecule has 28 heavy (non-hydrogen) atoms. The van der Waals surface area contributed by atoms with Crippen molar-refractivity contribution < 1.29 is 4.74 Å². The monoisotopic (exact) mass is 433 g/mol. The summed E-state index contributed by atoms with van der Waals surface area (Å²) in [7, 11) is 0. The molecule has 0 spiro atoms. The van der Waals surface area contributed by atoms with Crippen molar-refractivity contribution in [3.05, 3.63) is 106 Å². The van der Waals surface area contributed by atoms with Gasteiger partial charge < -0.3 is 4.74 Å². The zero-order chi connectivity index (χ0) is 19.2. The molecule has 3 aromatic carbocycles. The quantitative estimate of drug-likeness (QED) is 0.434. The highest BCUT2D eigenvalue weighted by atomic mass is 79.9. The zero-order valence-corrected chi connectivity index (χ0v) is 17.4. The number of aryl methyl sites for hydroxylation is 1. The van der Waals surface area contributed by atoms with Crippen LogP contribution in [0.25, 0.3) is 0 Å². The molecule has 1 heterocycles. The summed E-state index contributed by atoms with van der Waals surface area (Å²) in [5, 5.41) is 0. The van der Waals surface area contributed by atoms with E-state index in [0.29, 0.717) is 6.61 Å². The maximum Gasteiger partial charge on any atom is 0.191 e. The van der Waals surface area contributed by atoms with E-state index in [9.17, 15) is 0 Å². The van der Waals surface area contributed by atoms with Crippen molar-refractivity contribution in [3.63, 3.8) is 0 Å². The number of nitrogens with zero attached hydrogens (tertiary/aromatic N) is 1. The van der Waals surface area contributed by atoms with E-state index in [1.165, 1.54) is 16.7 Å². The Morgan fingerprint density at radius 2 is 1.57 bits per heavy atom. The summed E-state index contributed by atoms with van der Waals surface area (Å²) in [5.41, 5.74) is 3.90. The third-order valence-electron chi connectivity index (χ3n) is 5.21. The standard InChI is InChI=1S/C25H24BrNO/c26-24-14-8-7-13-21(24)15-16-23(20-11-5-2-6-12-20)25-27-22(18-28-25)17-19-9-3-1-4-10-19/h1-14,22-23H,15-18H2/t22-,23?/m0/s1. The van der Waals surface area contributed by atoms with Gasteiger partial charge in [-0.1, -0.05) is 94.8 Å². The molecule has 2 atom stereocenters. The Morgan fingerprint density at radius 3 is 2.32 bits per heavy atom. The molecule has 0 radical (unpaired) electrons. The number of aliphatic imine (C=N–C) groups is 1. The van der Waals surface area contributed by atoms with E-state index in [2.05, 4.69) is 101 Å². The molecule has 1 unspecified atom stereocenters. The van der Waals surface area contributed by atoms with E-state index in [1.807, 2.05) is 0 Å². The highest BCUT2D eigenvalue weighted by molar-refractivity contribution is 9.10. The molecule has 0 fully saturated rings. The largest absolute Gasteiger partial charge is 0.478 e. The van der Waals surface area contributed by atoms with Gasteiger partial charge in [0.15, 0.2) is 5.90 Å². The SMILES string of the molecule is Brc1ccccc1CCC(C1=N[C@@H](Cc2ccccc2)CO1)c1ccccc1. The van der Waals surface area contributed by atoms with Crippen molar-refractivity contribution >= 4 is 21.8 Å². The predicted octanol–water partition coefficient (Wildman–Crippen LogP) is 6.21. The molecule has 1 aliphatic rings. The Balaban J connectivity index is 1.52. The van der Waals surface area contributed by atoms with Crippen LogP contribution in [0, 0.1) is 0 Å². The van der Waals surface area contributed by atoms with E-state index in [4.69, 9.17) is 9.73 Å². The molecule has 0 N–H and O–H groups in total. The zero-order valence-electron chi connectivity index (χ0n) is 15.8. The highest BCUT2D eigenvalue weighted by Crippen LogP contribution is 2.29. The van der Waals surface area contributed by atoms with Gasteiger partial charge in [0.05, 0.1) is 12.0 Å². The van der Waals surface area contributed by atoms with Crippen molar-refractivity contribution in [3.8, 4) is 0 Å². The van der Waals surface area contributed by atoms with Crippen molar-refractivity contribution in [1.82, 2.24) is 0 Å². The number of rotatable bonds is 7. The molecule has 142 valence electrons. The van der Waals surface area contributed by atoms with Crippen LogP contribution in [0.2, 0.25) is 0 Å². The van der Waals surface area contributed by atoms with Crippen LogP contribution in [-0.4, -0.2) is 18.5 Å². The Morgan fingerprint density at radius 1 is 0.893 bits per heavy atom. The number of halogens is 1. The molecule has 0 aromatic heterocycles. The molecular formula is C25H24BrNO. The van der Waals surface area contributed by atoms with E-state index in [1.54, 1.807) is 0 Å². The molecule has 0 saturated carbocycles. The van der Waals surface area contributed by atoms with Gasteiger partial charge in [0.2, 0.25) is 0 Å². The molecule has 4 rings (SSSR count). The molecule has 3 aromatic rings. The topological polar surface area (TPSA) is 21.6 Å². The average Bonchev–Trinajstić information content (AvgIpc) is 3.19. The Bertz CT molecular complexity index is 924. The fourth-order valence-corrected chi connectivity index (χ4v) is 4.22. The van der Waals surface area contributed by atoms with Crippen LogP contribution < -0.4 is 0 Å². The first-order valence-corrected chi connectivity index (χ1v) is 10.6. The second kappa shape index (κ2) is 9.20. The third kappa shape index (κ3) is 4.71. The number of hydrogen-bond donors (Lipinski definition) is 0. The van der Waals surface area contributed by atoms with Gasteiger partial charge in [-0.15, -0.1) is 0 Å². The maximum atomic E-state index is 6.11. The minimum atomic E-state index is 0.189. The summed E-state index contributed by atoms with van der Waals surface area (Å²) in [6.07, 6.45) is 2.88. The first kappa shape index (κ1) is 18.9. The van der Waals surface area contributed by atoms with Gasteiger partial charge in [0.25, 0.3) is 0 Å². The summed E-state index contributed by atoms with van der Waals surface area (Å²) in [6, 6.07) is 29.8. The molecule has 0 bridgehead atoms. The van der Waals surface area contributed by atoms with Crippen LogP contribution in [0.4, 0.5) is 0 Å². The van der Waals surface area contributed by atoms with Gasteiger partial charge in [0.1, 0.15) is 6.61 Å². The smallest absolute Gasteiger partial charge is 0.191 e. The van der Waals surface area contributed by atoms with Crippen LogP contribution in [0.1, 0.15) is 29.0 Å². The van der Waals surface area contributed by atoms with Gasteiger partial charge >= 0.3 is 0 Å². The molecule has 0 amide bonds. The Kier molecular flexibility index (Phi) is 6.23. The minimum Gasteiger partial charge on any atom is -0.478 e. The minimum absolute atomic E-state index is 0.189. The highest BCUT2D eigenvalue weighted by Gasteiger charge is 2.27. The molecule has 0 saturated heterocycles. The van der Waals surface area contributed by atoms with Crippen molar-refractivity contribution in [2.24, 2.45) is 4.99 Å². The van der Waals surface area contributed by atoms with E-state index < -0.39 is 0 Å². The Hall–Kier alpha value is -2.39. The lowest BCUT2D eigenvalue weighted by atomic mass is 9.92. The van der Waals surface area contributed by atoms with Crippen LogP contribution >= 0.6 is 15.9 Å². The first-order chi connectivity index (χ1) is 13.8. The van der Waals surface area contributed by atoms with Crippen LogP contribution in [-0.2, 0) is 17.6 Å². The van der Waals surface area contributed by atoms with Crippen LogP contribution in [0.3, 0.4) is 0 Å². The first-order valence-electron chi connectivity index (χ1n) is 9.82. The molecule has 2 nitrogen and oxygen atoms in total. The molecular weight excluding hydrogens is 410 g/mol. The van der Waals surface area contributed by atoms with Crippen molar-refractivity contribution in [2.45, 2.75) is 31.2 Å². The summed E-state index contributed by atoms with van der Waals surface area (Å²) in [4.78, 5) is 4.98. The summed E-state index contributed by atoms with van der Waals surface area (Å²) >= 11 is 3.67. The van der Waals surface area contributed by atoms with Gasteiger partial charge in [-0.3, -0.25) is 0 Å². The normalized spacial score (nSPS) is 17.0. The van der Waals surface area contributed by atoms with E-state index >= 15 is 0 Å². The van der Waals surface area contributed by atoms with Crippen molar-refractivity contribution in [1.29, 1.82) is 0 Å². The van der Waals surface area contributed by atoms with Crippen molar-refractivity contribution in [2.75, 3.05) is 6.61 Å². The summed E-state index contributed by atoms with van der Waals surface area (Å²) < 4.78 is 7.28. The number of hydrogen-bond acceptors (Lipinski definition) is 2. The van der Waals surface area contributed by atoms with Gasteiger partial charge in [-0.2, -0.15) is 0 Å². The van der Waals surface area contributed by atoms with Gasteiger partial charge in [-0.05, 0) is 42.0 Å². The van der Waals surface area contributed by atoms with Crippen LogP contribution in [0.15, 0.2) is 94.4 Å². The van der Waals surface area contributed by atoms with Gasteiger partial charge in [0, 0.05) is 4.47 Å². The van der Waals surface area contributed by atoms with Crippen LogP contribution in [0.5, 0.6) is 0 Å². The summed E-state index contributed by atoms with van der Waals surface area (Å²) in [6.45, 7) is 0.669. The van der Waals surface area contributed by atoms with Gasteiger partial charge in [-0.25, -0.2) is 4.99 Å². The third-order valence-corrected chi connectivity index (χ3v) is 5.98. The fraction of sp³-hybridized carbons (Fsp3) is 0.240. The summed E-state index contributed by atoms with van der Waals surface area (Å²) in [5.74, 6) is 1.08.